The molecular formula is C24H19FN2O2. The molecule has 0 aliphatic rings. The number of carbonyl (C=O) groups is 2. The van der Waals surface area contributed by atoms with Gasteiger partial charge in [0.1, 0.15) is 5.82 Å². The lowest BCUT2D eigenvalue weighted by atomic mass is 10.0. The number of halogens is 1. The van der Waals surface area contributed by atoms with Crippen molar-refractivity contribution >= 4 is 28.3 Å². The normalized spacial score (nSPS) is 10.8. The Morgan fingerprint density at radius 1 is 0.931 bits per heavy atom. The van der Waals surface area contributed by atoms with Crippen LogP contribution in [-0.4, -0.2) is 16.7 Å². The SMILES string of the molecule is Cc1[nH]c2ccc(F)cc2c1CC(=O)Nc1cccc(C(=O)c2ccccc2)c1. The minimum Gasteiger partial charge on any atom is -0.358 e. The third kappa shape index (κ3) is 3.94. The van der Waals surface area contributed by atoms with Crippen LogP contribution in [0.2, 0.25) is 0 Å². The first-order chi connectivity index (χ1) is 14.0. The zero-order valence-electron chi connectivity index (χ0n) is 15.8. The number of rotatable bonds is 5. The van der Waals surface area contributed by atoms with Crippen LogP contribution in [0.25, 0.3) is 10.9 Å². The van der Waals surface area contributed by atoms with Gasteiger partial charge >= 0.3 is 0 Å². The molecule has 4 aromatic rings. The van der Waals surface area contributed by atoms with Crippen molar-refractivity contribution in [3.05, 3.63) is 101 Å². The van der Waals surface area contributed by atoms with E-state index in [2.05, 4.69) is 10.3 Å². The highest BCUT2D eigenvalue weighted by Gasteiger charge is 2.14. The number of anilines is 1. The number of aryl methyl sites for hydroxylation is 1. The molecule has 0 fully saturated rings. The Bertz CT molecular complexity index is 1210. The van der Waals surface area contributed by atoms with E-state index in [9.17, 15) is 14.0 Å². The molecule has 4 rings (SSSR count). The zero-order valence-corrected chi connectivity index (χ0v) is 15.8. The molecule has 0 radical (unpaired) electrons. The highest BCUT2D eigenvalue weighted by Crippen LogP contribution is 2.24. The van der Waals surface area contributed by atoms with Gasteiger partial charge in [0.2, 0.25) is 5.91 Å². The van der Waals surface area contributed by atoms with Crippen LogP contribution in [0.15, 0.2) is 72.8 Å². The van der Waals surface area contributed by atoms with Crippen molar-refractivity contribution < 1.29 is 14.0 Å². The summed E-state index contributed by atoms with van der Waals surface area (Å²) in [5.41, 5.74) is 4.01. The standard InChI is InChI=1S/C24H19FN2O2/c1-15-20(21-13-18(25)10-11-22(21)26-15)14-23(28)27-19-9-5-8-17(12-19)24(29)16-6-3-2-4-7-16/h2-13,26H,14H2,1H3,(H,27,28). The van der Waals surface area contributed by atoms with E-state index in [4.69, 9.17) is 0 Å². The minimum atomic E-state index is -0.342. The topological polar surface area (TPSA) is 62.0 Å². The molecular weight excluding hydrogens is 367 g/mol. The van der Waals surface area contributed by atoms with Gasteiger partial charge in [0.05, 0.1) is 6.42 Å². The second-order valence-electron chi connectivity index (χ2n) is 6.92. The third-order valence-electron chi connectivity index (χ3n) is 4.86. The van der Waals surface area contributed by atoms with Gasteiger partial charge < -0.3 is 10.3 Å². The van der Waals surface area contributed by atoms with Crippen LogP contribution in [0.4, 0.5) is 10.1 Å². The number of hydrogen-bond acceptors (Lipinski definition) is 2. The summed E-state index contributed by atoms with van der Waals surface area (Å²) in [7, 11) is 0. The van der Waals surface area contributed by atoms with E-state index < -0.39 is 0 Å². The molecule has 0 saturated carbocycles. The molecule has 1 heterocycles. The molecule has 0 aliphatic carbocycles. The highest BCUT2D eigenvalue weighted by atomic mass is 19.1. The first-order valence-corrected chi connectivity index (χ1v) is 9.27. The summed E-state index contributed by atoms with van der Waals surface area (Å²) in [5.74, 6) is -0.683. The molecule has 0 aliphatic heterocycles. The van der Waals surface area contributed by atoms with Gasteiger partial charge in [-0.25, -0.2) is 4.39 Å². The van der Waals surface area contributed by atoms with Crippen LogP contribution in [0.3, 0.4) is 0 Å². The molecule has 0 spiro atoms. The number of H-pyrrole nitrogens is 1. The average molecular weight is 386 g/mol. The Morgan fingerprint density at radius 3 is 2.48 bits per heavy atom. The van der Waals surface area contributed by atoms with Crippen LogP contribution < -0.4 is 5.32 Å². The fourth-order valence-electron chi connectivity index (χ4n) is 3.44. The molecule has 3 aromatic carbocycles. The van der Waals surface area contributed by atoms with E-state index in [1.165, 1.54) is 12.1 Å². The summed E-state index contributed by atoms with van der Waals surface area (Å²) >= 11 is 0. The van der Waals surface area contributed by atoms with Crippen molar-refractivity contribution in [3.63, 3.8) is 0 Å². The summed E-state index contributed by atoms with van der Waals surface area (Å²) in [6.45, 7) is 1.86. The predicted molar refractivity (Wildman–Crippen MR) is 112 cm³/mol. The lowest BCUT2D eigenvalue weighted by Gasteiger charge is -2.08. The van der Waals surface area contributed by atoms with Crippen LogP contribution in [0.5, 0.6) is 0 Å². The molecule has 0 unspecified atom stereocenters. The Labute approximate surface area is 167 Å². The fraction of sp³-hybridized carbons (Fsp3) is 0.0833. The van der Waals surface area contributed by atoms with Crippen molar-refractivity contribution in [2.45, 2.75) is 13.3 Å². The highest BCUT2D eigenvalue weighted by molar-refractivity contribution is 6.09. The predicted octanol–water partition coefficient (Wildman–Crippen LogP) is 5.03. The summed E-state index contributed by atoms with van der Waals surface area (Å²) in [4.78, 5) is 28.4. The van der Waals surface area contributed by atoms with E-state index in [0.29, 0.717) is 22.2 Å². The number of nitrogens with one attached hydrogen (secondary N) is 2. The van der Waals surface area contributed by atoms with Crippen molar-refractivity contribution in [2.75, 3.05) is 5.32 Å². The second-order valence-corrected chi connectivity index (χ2v) is 6.92. The first kappa shape index (κ1) is 18.6. The van der Waals surface area contributed by atoms with E-state index in [-0.39, 0.29) is 23.9 Å². The van der Waals surface area contributed by atoms with Crippen molar-refractivity contribution in [3.8, 4) is 0 Å². The van der Waals surface area contributed by atoms with E-state index >= 15 is 0 Å². The number of aromatic nitrogens is 1. The molecule has 0 saturated heterocycles. The number of hydrogen-bond donors (Lipinski definition) is 2. The van der Waals surface area contributed by atoms with Gasteiger partial charge in [0.25, 0.3) is 0 Å². The molecule has 1 aromatic heterocycles. The van der Waals surface area contributed by atoms with Crippen LogP contribution in [-0.2, 0) is 11.2 Å². The summed E-state index contributed by atoms with van der Waals surface area (Å²) in [5, 5.41) is 3.53. The van der Waals surface area contributed by atoms with Gasteiger partial charge in [-0.15, -0.1) is 0 Å². The summed E-state index contributed by atoms with van der Waals surface area (Å²) < 4.78 is 13.6. The maximum absolute atomic E-state index is 13.6. The van der Waals surface area contributed by atoms with Crippen LogP contribution in [0.1, 0.15) is 27.2 Å². The number of amides is 1. The quantitative estimate of drug-likeness (QED) is 0.473. The summed E-state index contributed by atoms with van der Waals surface area (Å²) in [6.07, 6.45) is 0.103. The Hall–Kier alpha value is -3.73. The maximum atomic E-state index is 13.6. The zero-order chi connectivity index (χ0) is 20.4. The Balaban J connectivity index is 1.53. The molecule has 1 amide bonds. The van der Waals surface area contributed by atoms with Crippen molar-refractivity contribution in [1.82, 2.24) is 4.98 Å². The average Bonchev–Trinajstić information content (AvgIpc) is 3.03. The van der Waals surface area contributed by atoms with Crippen molar-refractivity contribution in [1.29, 1.82) is 0 Å². The fourth-order valence-corrected chi connectivity index (χ4v) is 3.44. The molecule has 2 N–H and O–H groups in total. The van der Waals surface area contributed by atoms with Gasteiger partial charge in [-0.2, -0.15) is 0 Å². The number of ketones is 1. The van der Waals surface area contributed by atoms with E-state index in [0.717, 1.165) is 16.8 Å². The third-order valence-corrected chi connectivity index (χ3v) is 4.86. The molecule has 144 valence electrons. The maximum Gasteiger partial charge on any atom is 0.228 e. The minimum absolute atomic E-state index is 0.103. The van der Waals surface area contributed by atoms with E-state index in [1.54, 1.807) is 42.5 Å². The second kappa shape index (κ2) is 7.72. The summed E-state index contributed by atoms with van der Waals surface area (Å²) in [6, 6.07) is 20.3. The monoisotopic (exact) mass is 386 g/mol. The molecule has 29 heavy (non-hydrogen) atoms. The Kier molecular flexibility index (Phi) is 4.96. The number of benzene rings is 3. The van der Waals surface area contributed by atoms with Gasteiger partial charge in [-0.3, -0.25) is 9.59 Å². The van der Waals surface area contributed by atoms with Gasteiger partial charge in [0, 0.05) is 33.4 Å². The molecule has 0 atom stereocenters. The van der Waals surface area contributed by atoms with E-state index in [1.807, 2.05) is 25.1 Å². The van der Waals surface area contributed by atoms with Crippen molar-refractivity contribution in [2.24, 2.45) is 0 Å². The largest absolute Gasteiger partial charge is 0.358 e. The first-order valence-electron chi connectivity index (χ1n) is 9.27. The van der Waals surface area contributed by atoms with Gasteiger partial charge in [0.15, 0.2) is 5.78 Å². The smallest absolute Gasteiger partial charge is 0.228 e. The van der Waals surface area contributed by atoms with Crippen LogP contribution in [0, 0.1) is 12.7 Å². The molecule has 0 bridgehead atoms. The Morgan fingerprint density at radius 2 is 1.69 bits per heavy atom. The lowest BCUT2D eigenvalue weighted by Crippen LogP contribution is -2.15. The lowest BCUT2D eigenvalue weighted by molar-refractivity contribution is -0.115. The number of aromatic amines is 1. The van der Waals surface area contributed by atoms with Gasteiger partial charge in [-0.1, -0.05) is 42.5 Å². The number of fused-ring (bicyclic) bond motifs is 1. The molecule has 5 heteroatoms. The molecule has 4 nitrogen and oxygen atoms in total. The van der Waals surface area contributed by atoms with Crippen LogP contribution >= 0.6 is 0 Å². The van der Waals surface area contributed by atoms with Gasteiger partial charge in [-0.05, 0) is 42.8 Å². The number of carbonyl (C=O) groups excluding carboxylic acids is 2.